The van der Waals surface area contributed by atoms with Gasteiger partial charge in [-0.15, -0.1) is 0 Å². The number of benzene rings is 2. The van der Waals surface area contributed by atoms with Crippen molar-refractivity contribution in [1.82, 2.24) is 4.90 Å². The number of anilines is 1. The minimum absolute atomic E-state index is 0.104. The third kappa shape index (κ3) is 4.95. The normalized spacial score (nSPS) is 14.9. The molecule has 6 heteroatoms. The van der Waals surface area contributed by atoms with Crippen molar-refractivity contribution in [3.8, 4) is 5.75 Å². The van der Waals surface area contributed by atoms with Crippen LogP contribution in [0.4, 0.5) is 5.69 Å². The zero-order chi connectivity index (χ0) is 20.8. The molecule has 0 aliphatic carbocycles. The van der Waals surface area contributed by atoms with Crippen LogP contribution in [0.3, 0.4) is 0 Å². The summed E-state index contributed by atoms with van der Waals surface area (Å²) < 4.78 is 11.3. The average molecular weight is 396 g/mol. The molecule has 1 fully saturated rings. The van der Waals surface area contributed by atoms with Crippen LogP contribution in [0.25, 0.3) is 0 Å². The van der Waals surface area contributed by atoms with Crippen LogP contribution in [0.1, 0.15) is 34.8 Å². The van der Waals surface area contributed by atoms with E-state index in [-0.39, 0.29) is 11.8 Å². The predicted molar refractivity (Wildman–Crippen MR) is 112 cm³/mol. The molecule has 0 bridgehead atoms. The molecule has 154 valence electrons. The van der Waals surface area contributed by atoms with Gasteiger partial charge in [-0.25, -0.2) is 0 Å². The largest absolute Gasteiger partial charge is 0.480 e. The van der Waals surface area contributed by atoms with E-state index in [9.17, 15) is 9.59 Å². The van der Waals surface area contributed by atoms with Crippen molar-refractivity contribution in [3.05, 3.63) is 59.2 Å². The van der Waals surface area contributed by atoms with E-state index in [1.165, 1.54) is 0 Å². The van der Waals surface area contributed by atoms with Crippen LogP contribution in [0.15, 0.2) is 42.5 Å². The molecule has 1 aliphatic rings. The lowest BCUT2D eigenvalue weighted by Crippen LogP contribution is -2.41. The maximum Gasteiger partial charge on any atom is 0.265 e. The fourth-order valence-corrected chi connectivity index (χ4v) is 3.26. The summed E-state index contributed by atoms with van der Waals surface area (Å²) >= 11 is 0. The van der Waals surface area contributed by atoms with Crippen molar-refractivity contribution < 1.29 is 19.1 Å². The standard InChI is InChI=1S/C23H28N2O4/c1-4-20(29-21-11-7-8-16(2)17(21)3)22(26)24-19-10-6-5-9-18(19)23(27)25-12-14-28-15-13-25/h5-11,20H,4,12-15H2,1-3H3,(H,24,26)/t20-/m1/s1. The Morgan fingerprint density at radius 2 is 1.83 bits per heavy atom. The van der Waals surface area contributed by atoms with Crippen molar-refractivity contribution in [2.75, 3.05) is 31.6 Å². The van der Waals surface area contributed by atoms with Gasteiger partial charge in [0.25, 0.3) is 11.8 Å². The molecule has 0 spiro atoms. The van der Waals surface area contributed by atoms with Gasteiger partial charge in [0.1, 0.15) is 5.75 Å². The molecule has 0 saturated carbocycles. The van der Waals surface area contributed by atoms with Crippen LogP contribution in [0.2, 0.25) is 0 Å². The lowest BCUT2D eigenvalue weighted by molar-refractivity contribution is -0.122. The molecule has 2 aromatic carbocycles. The van der Waals surface area contributed by atoms with E-state index in [0.717, 1.165) is 11.1 Å². The Morgan fingerprint density at radius 1 is 1.10 bits per heavy atom. The zero-order valence-corrected chi connectivity index (χ0v) is 17.2. The van der Waals surface area contributed by atoms with Crippen LogP contribution in [-0.2, 0) is 9.53 Å². The summed E-state index contributed by atoms with van der Waals surface area (Å²) in [4.78, 5) is 27.6. The highest BCUT2D eigenvalue weighted by Gasteiger charge is 2.24. The Balaban J connectivity index is 1.75. The van der Waals surface area contributed by atoms with Crippen molar-refractivity contribution in [2.45, 2.75) is 33.3 Å². The number of hydrogen-bond acceptors (Lipinski definition) is 4. The smallest absolute Gasteiger partial charge is 0.265 e. The summed E-state index contributed by atoms with van der Waals surface area (Å²) in [6, 6.07) is 12.9. The molecule has 29 heavy (non-hydrogen) atoms. The fraction of sp³-hybridized carbons (Fsp3) is 0.391. The number of nitrogens with one attached hydrogen (secondary N) is 1. The first-order valence-corrected chi connectivity index (χ1v) is 10.0. The fourth-order valence-electron chi connectivity index (χ4n) is 3.26. The topological polar surface area (TPSA) is 67.9 Å². The zero-order valence-electron chi connectivity index (χ0n) is 17.2. The van der Waals surface area contributed by atoms with E-state index in [1.54, 1.807) is 29.2 Å². The first kappa shape index (κ1) is 20.9. The van der Waals surface area contributed by atoms with Gasteiger partial charge in [-0.2, -0.15) is 0 Å². The summed E-state index contributed by atoms with van der Waals surface area (Å²) in [7, 11) is 0. The number of para-hydroxylation sites is 1. The van der Waals surface area contributed by atoms with E-state index >= 15 is 0 Å². The molecule has 1 saturated heterocycles. The molecule has 2 amide bonds. The molecule has 2 aromatic rings. The summed E-state index contributed by atoms with van der Waals surface area (Å²) in [5.74, 6) is 0.327. The highest BCUT2D eigenvalue weighted by Crippen LogP contribution is 2.24. The van der Waals surface area contributed by atoms with Crippen molar-refractivity contribution >= 4 is 17.5 Å². The van der Waals surface area contributed by atoms with Crippen LogP contribution < -0.4 is 10.1 Å². The monoisotopic (exact) mass is 396 g/mol. The Morgan fingerprint density at radius 3 is 2.55 bits per heavy atom. The predicted octanol–water partition coefficient (Wildman–Crippen LogP) is 3.57. The van der Waals surface area contributed by atoms with Gasteiger partial charge in [-0.05, 0) is 49.6 Å². The molecule has 0 unspecified atom stereocenters. The molecular formula is C23H28N2O4. The Labute approximate surface area is 171 Å². The maximum atomic E-state index is 12.9. The number of nitrogens with zero attached hydrogens (tertiary/aromatic N) is 1. The van der Waals surface area contributed by atoms with Gasteiger partial charge < -0.3 is 19.7 Å². The second kappa shape index (κ2) is 9.56. The van der Waals surface area contributed by atoms with Crippen molar-refractivity contribution in [3.63, 3.8) is 0 Å². The number of ether oxygens (including phenoxy) is 2. The molecule has 0 aromatic heterocycles. The SMILES string of the molecule is CC[C@@H](Oc1cccc(C)c1C)C(=O)Nc1ccccc1C(=O)N1CCOCC1. The van der Waals surface area contributed by atoms with Gasteiger partial charge in [0.05, 0.1) is 24.5 Å². The number of rotatable bonds is 6. The van der Waals surface area contributed by atoms with Crippen molar-refractivity contribution in [2.24, 2.45) is 0 Å². The van der Waals surface area contributed by atoms with Crippen LogP contribution in [-0.4, -0.2) is 49.1 Å². The lowest BCUT2D eigenvalue weighted by Gasteiger charge is -2.27. The maximum absolute atomic E-state index is 12.9. The van der Waals surface area contributed by atoms with E-state index in [4.69, 9.17) is 9.47 Å². The molecule has 3 rings (SSSR count). The number of aryl methyl sites for hydroxylation is 1. The highest BCUT2D eigenvalue weighted by atomic mass is 16.5. The van der Waals surface area contributed by atoms with Crippen molar-refractivity contribution in [1.29, 1.82) is 0 Å². The number of morpholine rings is 1. The number of amides is 2. The summed E-state index contributed by atoms with van der Waals surface area (Å²) in [6.45, 7) is 8.05. The van der Waals surface area contributed by atoms with Gasteiger partial charge in [0.15, 0.2) is 6.10 Å². The van der Waals surface area contributed by atoms with E-state index in [0.29, 0.717) is 49.7 Å². The van der Waals surface area contributed by atoms with E-state index in [2.05, 4.69) is 5.32 Å². The summed E-state index contributed by atoms with van der Waals surface area (Å²) in [5, 5.41) is 2.89. The minimum Gasteiger partial charge on any atom is -0.480 e. The second-order valence-electron chi connectivity index (χ2n) is 7.15. The highest BCUT2D eigenvalue weighted by molar-refractivity contribution is 6.04. The summed E-state index contributed by atoms with van der Waals surface area (Å²) in [6.07, 6.45) is -0.138. The molecular weight excluding hydrogens is 368 g/mol. The van der Waals surface area contributed by atoms with E-state index < -0.39 is 6.10 Å². The average Bonchev–Trinajstić information content (AvgIpc) is 2.75. The van der Waals surface area contributed by atoms with Gasteiger partial charge in [-0.3, -0.25) is 9.59 Å². The van der Waals surface area contributed by atoms with E-state index in [1.807, 2.05) is 39.0 Å². The van der Waals surface area contributed by atoms with Crippen LogP contribution in [0, 0.1) is 13.8 Å². The van der Waals surface area contributed by atoms with Gasteiger partial charge in [0.2, 0.25) is 0 Å². The van der Waals surface area contributed by atoms with Crippen LogP contribution >= 0.6 is 0 Å². The number of carbonyl (C=O) groups is 2. The second-order valence-corrected chi connectivity index (χ2v) is 7.15. The Hall–Kier alpha value is -2.86. The van der Waals surface area contributed by atoms with Gasteiger partial charge in [0, 0.05) is 13.1 Å². The third-order valence-corrected chi connectivity index (χ3v) is 5.20. The molecule has 0 radical (unpaired) electrons. The van der Waals surface area contributed by atoms with Crippen LogP contribution in [0.5, 0.6) is 5.75 Å². The minimum atomic E-state index is -0.651. The molecule has 6 nitrogen and oxygen atoms in total. The lowest BCUT2D eigenvalue weighted by atomic mass is 10.1. The Kier molecular flexibility index (Phi) is 6.88. The molecule has 1 aliphatic heterocycles. The van der Waals surface area contributed by atoms with Gasteiger partial charge >= 0.3 is 0 Å². The molecule has 1 atom stereocenters. The quantitative estimate of drug-likeness (QED) is 0.811. The Bertz CT molecular complexity index is 875. The van der Waals surface area contributed by atoms with Gasteiger partial charge in [-0.1, -0.05) is 31.2 Å². The number of hydrogen-bond donors (Lipinski definition) is 1. The molecule has 1 heterocycles. The first-order valence-electron chi connectivity index (χ1n) is 10.0. The molecule has 1 N–H and O–H groups in total. The summed E-state index contributed by atoms with van der Waals surface area (Å²) in [5.41, 5.74) is 3.10. The third-order valence-electron chi connectivity index (χ3n) is 5.20. The first-order chi connectivity index (χ1) is 14.0. The number of carbonyl (C=O) groups excluding carboxylic acids is 2.